The van der Waals surface area contributed by atoms with Crippen molar-refractivity contribution < 1.29 is 4.79 Å². The Kier molecular flexibility index (Phi) is 4.11. The number of carbonyl (C=O) groups excluding carboxylic acids is 1. The molecule has 4 heteroatoms. The summed E-state index contributed by atoms with van der Waals surface area (Å²) >= 11 is 0. The molecule has 0 saturated carbocycles. The number of rotatable bonds is 4. The molecule has 1 aliphatic heterocycles. The van der Waals surface area contributed by atoms with E-state index in [1.54, 1.807) is 7.05 Å². The Bertz CT molecular complexity index is 232. The highest BCUT2D eigenvalue weighted by atomic mass is 16.1. The third kappa shape index (κ3) is 2.92. The van der Waals surface area contributed by atoms with E-state index in [9.17, 15) is 4.79 Å². The van der Waals surface area contributed by atoms with Crippen LogP contribution < -0.4 is 11.1 Å². The van der Waals surface area contributed by atoms with Gasteiger partial charge in [0.05, 0.1) is 0 Å². The van der Waals surface area contributed by atoms with Crippen molar-refractivity contribution in [1.29, 1.82) is 0 Å². The number of nitrogens with one attached hydrogen (secondary N) is 1. The molecule has 15 heavy (non-hydrogen) atoms. The first-order valence-corrected chi connectivity index (χ1v) is 5.72. The zero-order chi connectivity index (χ0) is 11.5. The van der Waals surface area contributed by atoms with E-state index in [1.807, 2.05) is 6.92 Å². The number of nitrogens with zero attached hydrogens (tertiary/aromatic N) is 1. The van der Waals surface area contributed by atoms with Gasteiger partial charge in [0.2, 0.25) is 5.91 Å². The number of hydrogen-bond donors (Lipinski definition) is 2. The van der Waals surface area contributed by atoms with Crippen molar-refractivity contribution in [2.24, 2.45) is 5.73 Å². The SMILES string of the molecule is CNC(C)(CN1CCCCC1C)C(N)=O. The van der Waals surface area contributed by atoms with Gasteiger partial charge in [0, 0.05) is 12.6 Å². The molecule has 0 aliphatic carbocycles. The molecule has 1 rings (SSSR count). The van der Waals surface area contributed by atoms with Gasteiger partial charge < -0.3 is 11.1 Å². The minimum Gasteiger partial charge on any atom is -0.368 e. The molecule has 4 nitrogen and oxygen atoms in total. The Labute approximate surface area is 92.2 Å². The van der Waals surface area contributed by atoms with E-state index in [0.717, 1.165) is 6.54 Å². The topological polar surface area (TPSA) is 58.4 Å². The van der Waals surface area contributed by atoms with E-state index in [4.69, 9.17) is 5.73 Å². The fourth-order valence-corrected chi connectivity index (χ4v) is 2.08. The number of likely N-dealkylation sites (tertiary alicyclic amines) is 1. The molecule has 1 aliphatic rings. The molecular weight excluding hydrogens is 190 g/mol. The Morgan fingerprint density at radius 3 is 2.73 bits per heavy atom. The quantitative estimate of drug-likeness (QED) is 0.707. The van der Waals surface area contributed by atoms with E-state index < -0.39 is 5.54 Å². The average Bonchev–Trinajstić information content (AvgIpc) is 2.21. The molecule has 1 fully saturated rings. The third-order valence-corrected chi connectivity index (χ3v) is 3.56. The standard InChI is InChI=1S/C11H23N3O/c1-9-6-4-5-7-14(9)8-11(2,13-3)10(12)15/h9,13H,4-8H2,1-3H3,(H2,12,15). The van der Waals surface area contributed by atoms with Gasteiger partial charge in [-0.25, -0.2) is 0 Å². The molecule has 3 N–H and O–H groups in total. The summed E-state index contributed by atoms with van der Waals surface area (Å²) in [6, 6.07) is 0.561. The van der Waals surface area contributed by atoms with Crippen molar-refractivity contribution in [3.63, 3.8) is 0 Å². The number of primary amides is 1. The average molecular weight is 213 g/mol. The first-order valence-electron chi connectivity index (χ1n) is 5.72. The van der Waals surface area contributed by atoms with Gasteiger partial charge in [-0.2, -0.15) is 0 Å². The second kappa shape index (κ2) is 4.94. The van der Waals surface area contributed by atoms with Gasteiger partial charge in [0.1, 0.15) is 5.54 Å². The van der Waals surface area contributed by atoms with Crippen LogP contribution in [0.4, 0.5) is 0 Å². The molecule has 0 spiro atoms. The summed E-state index contributed by atoms with van der Waals surface area (Å²) in [6.45, 7) is 5.87. The van der Waals surface area contributed by atoms with Gasteiger partial charge in [-0.05, 0) is 40.3 Å². The van der Waals surface area contributed by atoms with Crippen LogP contribution in [0.3, 0.4) is 0 Å². The van der Waals surface area contributed by atoms with Gasteiger partial charge in [-0.15, -0.1) is 0 Å². The van der Waals surface area contributed by atoms with Crippen LogP contribution in [0, 0.1) is 0 Å². The van der Waals surface area contributed by atoms with E-state index in [-0.39, 0.29) is 5.91 Å². The predicted octanol–water partition coefficient (Wildman–Crippen LogP) is 0.324. The highest BCUT2D eigenvalue weighted by Gasteiger charge is 2.33. The van der Waals surface area contributed by atoms with Crippen LogP contribution in [-0.2, 0) is 4.79 Å². The maximum absolute atomic E-state index is 11.4. The van der Waals surface area contributed by atoms with Crippen molar-refractivity contribution in [2.45, 2.75) is 44.7 Å². The van der Waals surface area contributed by atoms with Crippen LogP contribution in [0.2, 0.25) is 0 Å². The zero-order valence-corrected chi connectivity index (χ0v) is 10.0. The fourth-order valence-electron chi connectivity index (χ4n) is 2.08. The van der Waals surface area contributed by atoms with Crippen molar-refractivity contribution in [1.82, 2.24) is 10.2 Å². The summed E-state index contributed by atoms with van der Waals surface area (Å²) in [7, 11) is 1.79. The Balaban J connectivity index is 2.61. The lowest BCUT2D eigenvalue weighted by atomic mass is 9.96. The summed E-state index contributed by atoms with van der Waals surface area (Å²) in [6.07, 6.45) is 3.74. The molecule has 0 aromatic carbocycles. The van der Waals surface area contributed by atoms with E-state index in [2.05, 4.69) is 17.1 Å². The van der Waals surface area contributed by atoms with Crippen molar-refractivity contribution >= 4 is 5.91 Å². The fraction of sp³-hybridized carbons (Fsp3) is 0.909. The smallest absolute Gasteiger partial charge is 0.238 e. The van der Waals surface area contributed by atoms with Gasteiger partial charge in [-0.3, -0.25) is 9.69 Å². The zero-order valence-electron chi connectivity index (χ0n) is 10.0. The summed E-state index contributed by atoms with van der Waals surface area (Å²) in [5.41, 5.74) is 4.81. The second-order valence-electron chi connectivity index (χ2n) is 4.76. The first kappa shape index (κ1) is 12.5. The summed E-state index contributed by atoms with van der Waals surface area (Å²) < 4.78 is 0. The molecule has 0 bridgehead atoms. The Hall–Kier alpha value is -0.610. The number of amides is 1. The monoisotopic (exact) mass is 213 g/mol. The summed E-state index contributed by atoms with van der Waals surface area (Å²) in [5.74, 6) is -0.275. The van der Waals surface area contributed by atoms with Gasteiger partial charge in [0.15, 0.2) is 0 Å². The molecular formula is C11H23N3O. The maximum atomic E-state index is 11.4. The highest BCUT2D eigenvalue weighted by Crippen LogP contribution is 2.18. The summed E-state index contributed by atoms with van der Waals surface area (Å²) in [5, 5.41) is 3.03. The number of piperidine rings is 1. The lowest BCUT2D eigenvalue weighted by Gasteiger charge is -2.39. The predicted molar refractivity (Wildman–Crippen MR) is 61.5 cm³/mol. The number of hydrogen-bond acceptors (Lipinski definition) is 3. The Morgan fingerprint density at radius 1 is 1.60 bits per heavy atom. The van der Waals surface area contributed by atoms with Gasteiger partial charge >= 0.3 is 0 Å². The minimum absolute atomic E-state index is 0.275. The van der Waals surface area contributed by atoms with Crippen LogP contribution >= 0.6 is 0 Å². The summed E-state index contributed by atoms with van der Waals surface area (Å²) in [4.78, 5) is 13.7. The van der Waals surface area contributed by atoms with Crippen LogP contribution in [0.25, 0.3) is 0 Å². The molecule has 2 atom stereocenters. The maximum Gasteiger partial charge on any atom is 0.238 e. The highest BCUT2D eigenvalue weighted by molar-refractivity contribution is 5.84. The number of carbonyl (C=O) groups is 1. The number of nitrogens with two attached hydrogens (primary N) is 1. The van der Waals surface area contributed by atoms with Gasteiger partial charge in [0.25, 0.3) is 0 Å². The molecule has 0 aromatic heterocycles. The normalized spacial score (nSPS) is 27.3. The largest absolute Gasteiger partial charge is 0.368 e. The molecule has 0 aromatic rings. The molecule has 2 unspecified atom stereocenters. The Morgan fingerprint density at radius 2 is 2.27 bits per heavy atom. The number of likely N-dealkylation sites (N-methyl/N-ethyl adjacent to an activating group) is 1. The molecule has 88 valence electrons. The van der Waals surface area contributed by atoms with Crippen molar-refractivity contribution in [3.05, 3.63) is 0 Å². The lowest BCUT2D eigenvalue weighted by Crippen LogP contribution is -2.60. The van der Waals surface area contributed by atoms with Crippen molar-refractivity contribution in [3.8, 4) is 0 Å². The van der Waals surface area contributed by atoms with Crippen LogP contribution in [-0.4, -0.2) is 42.5 Å². The van der Waals surface area contributed by atoms with E-state index in [0.29, 0.717) is 12.6 Å². The van der Waals surface area contributed by atoms with Crippen LogP contribution in [0.15, 0.2) is 0 Å². The molecule has 1 amide bonds. The molecule has 0 radical (unpaired) electrons. The molecule has 1 heterocycles. The molecule has 1 saturated heterocycles. The minimum atomic E-state index is -0.606. The second-order valence-corrected chi connectivity index (χ2v) is 4.76. The van der Waals surface area contributed by atoms with Crippen LogP contribution in [0.5, 0.6) is 0 Å². The van der Waals surface area contributed by atoms with Gasteiger partial charge in [-0.1, -0.05) is 6.42 Å². The van der Waals surface area contributed by atoms with E-state index in [1.165, 1.54) is 19.3 Å². The van der Waals surface area contributed by atoms with E-state index >= 15 is 0 Å². The lowest BCUT2D eigenvalue weighted by molar-refractivity contribution is -0.124. The third-order valence-electron chi connectivity index (χ3n) is 3.56. The first-order chi connectivity index (χ1) is 6.99. The van der Waals surface area contributed by atoms with Crippen molar-refractivity contribution in [2.75, 3.05) is 20.1 Å². The van der Waals surface area contributed by atoms with Crippen LogP contribution in [0.1, 0.15) is 33.1 Å².